The van der Waals surface area contributed by atoms with Gasteiger partial charge in [0, 0.05) is 14.4 Å². The summed E-state index contributed by atoms with van der Waals surface area (Å²) in [6.45, 7) is 0.389. The molecule has 2 aromatic carbocycles. The van der Waals surface area contributed by atoms with Crippen LogP contribution in [-0.2, 0) is 0 Å². The van der Waals surface area contributed by atoms with Gasteiger partial charge in [-0.3, -0.25) is 0 Å². The molecule has 0 aromatic heterocycles. The second-order valence-electron chi connectivity index (χ2n) is 7.92. The van der Waals surface area contributed by atoms with Crippen molar-refractivity contribution >= 4 is 8.80 Å². The summed E-state index contributed by atoms with van der Waals surface area (Å²) >= 11 is 0. The molecule has 0 spiro atoms. The van der Waals surface area contributed by atoms with Gasteiger partial charge in [0.2, 0.25) is 0 Å². The summed E-state index contributed by atoms with van der Waals surface area (Å²) in [4.78, 5) is 0. The second kappa shape index (κ2) is 9.45. The number of ether oxygens (including phenoxy) is 1. The lowest BCUT2D eigenvalue weighted by Gasteiger charge is -2.28. The normalized spacial score (nSPS) is 19.7. The van der Waals surface area contributed by atoms with E-state index in [0.29, 0.717) is 5.92 Å². The molecule has 0 atom stereocenters. The molecule has 0 unspecified atom stereocenters. The Bertz CT molecular complexity index is 851. The molecule has 164 valence electrons. The van der Waals surface area contributed by atoms with Gasteiger partial charge in [0.25, 0.3) is 0 Å². The fraction of sp³-hybridized carbons (Fsp3) is 0.455. The molecule has 1 aliphatic rings. The molecule has 3 rings (SSSR count). The van der Waals surface area contributed by atoms with Crippen LogP contribution in [0.4, 0.5) is 26.3 Å². The van der Waals surface area contributed by atoms with Crippen LogP contribution in [0.3, 0.4) is 0 Å². The number of hydrogen-bond donors (Lipinski definition) is 0. The van der Waals surface area contributed by atoms with Gasteiger partial charge in [0.1, 0.15) is 5.82 Å². The molecule has 1 heterocycles. The van der Waals surface area contributed by atoms with Gasteiger partial charge in [-0.2, -0.15) is 13.2 Å². The van der Waals surface area contributed by atoms with Gasteiger partial charge in [0.15, 0.2) is 24.0 Å². The zero-order valence-electron chi connectivity index (χ0n) is 16.7. The molecular weight excluding hydrogens is 422 g/mol. The predicted octanol–water partition coefficient (Wildman–Crippen LogP) is 7.23. The largest absolute Gasteiger partial charge is 0.478 e. The van der Waals surface area contributed by atoms with E-state index in [9.17, 15) is 26.3 Å². The highest BCUT2D eigenvalue weighted by atomic mass is 28.3. The summed E-state index contributed by atoms with van der Waals surface area (Å²) in [6.07, 6.45) is -1.41. The third kappa shape index (κ3) is 5.59. The minimum absolute atomic E-state index is 0.00651. The first-order valence-electron chi connectivity index (χ1n) is 10.2. The first-order chi connectivity index (χ1) is 14.2. The lowest BCUT2D eigenvalue weighted by Crippen LogP contribution is -2.20. The second-order valence-corrected chi connectivity index (χ2v) is 11.4. The van der Waals surface area contributed by atoms with E-state index in [-0.39, 0.29) is 11.1 Å². The van der Waals surface area contributed by atoms with Crippen molar-refractivity contribution in [2.75, 3.05) is 6.61 Å². The molecule has 30 heavy (non-hydrogen) atoms. The fourth-order valence-corrected chi connectivity index (χ4v) is 7.65. The van der Waals surface area contributed by atoms with E-state index in [1.165, 1.54) is 36.7 Å². The summed E-state index contributed by atoms with van der Waals surface area (Å²) < 4.78 is 83.9. The molecule has 0 bridgehead atoms. The Hall–Kier alpha value is -1.96. The highest BCUT2D eigenvalue weighted by Gasteiger charge is 2.30. The monoisotopic (exact) mass is 446 g/mol. The molecule has 0 amide bonds. The van der Waals surface area contributed by atoms with Gasteiger partial charge < -0.3 is 4.74 Å². The number of benzene rings is 2. The molecule has 0 aliphatic carbocycles. The van der Waals surface area contributed by atoms with Crippen molar-refractivity contribution in [3.63, 3.8) is 0 Å². The van der Waals surface area contributed by atoms with E-state index in [0.717, 1.165) is 30.5 Å². The van der Waals surface area contributed by atoms with Crippen LogP contribution in [0.1, 0.15) is 37.7 Å². The minimum Gasteiger partial charge on any atom is -0.478 e. The highest BCUT2D eigenvalue weighted by molar-refractivity contribution is 6.59. The average molecular weight is 447 g/mol. The van der Waals surface area contributed by atoms with Crippen molar-refractivity contribution in [3.8, 4) is 16.9 Å². The molecule has 0 radical (unpaired) electrons. The summed E-state index contributed by atoms with van der Waals surface area (Å²) in [5, 5.41) is 0. The van der Waals surface area contributed by atoms with Crippen molar-refractivity contribution in [2.45, 2.75) is 56.4 Å². The van der Waals surface area contributed by atoms with Crippen LogP contribution in [0.25, 0.3) is 11.1 Å². The molecule has 1 saturated heterocycles. The van der Waals surface area contributed by atoms with Crippen molar-refractivity contribution in [2.24, 2.45) is 0 Å². The zero-order valence-corrected chi connectivity index (χ0v) is 17.8. The van der Waals surface area contributed by atoms with Crippen molar-refractivity contribution < 1.29 is 31.1 Å². The van der Waals surface area contributed by atoms with E-state index in [4.69, 9.17) is 0 Å². The SMILES string of the molecule is CCC[Si@H]1CC[C@H](c2ccc(-c3cc(F)c(OCC(F)(F)F)c(F)c3)c(F)c2)CC1. The first-order valence-corrected chi connectivity index (χ1v) is 12.6. The molecule has 1 fully saturated rings. The van der Waals surface area contributed by atoms with Crippen LogP contribution >= 0.6 is 0 Å². The molecule has 1 nitrogen and oxygen atoms in total. The third-order valence-corrected chi connectivity index (χ3v) is 9.39. The molecule has 0 N–H and O–H groups in total. The van der Waals surface area contributed by atoms with Crippen LogP contribution in [0.2, 0.25) is 18.1 Å². The van der Waals surface area contributed by atoms with Gasteiger partial charge in [-0.05, 0) is 48.1 Å². The van der Waals surface area contributed by atoms with E-state index in [2.05, 4.69) is 11.7 Å². The van der Waals surface area contributed by atoms with E-state index >= 15 is 0 Å². The molecule has 1 aliphatic heterocycles. The number of alkyl halides is 3. The van der Waals surface area contributed by atoms with Gasteiger partial charge >= 0.3 is 6.18 Å². The standard InChI is InChI=1S/C22H24F6OSi/c1-2-7-30-8-5-14(6-9-30)15-3-4-17(18(23)10-15)16-11-19(24)21(20(25)12-16)29-13-22(26,27)28/h3-4,10-12,14,30H,2,5-9,13H2,1H3/t14-,30-. The average Bonchev–Trinajstić information content (AvgIpc) is 2.67. The Morgan fingerprint density at radius 1 is 0.967 bits per heavy atom. The van der Waals surface area contributed by atoms with Crippen molar-refractivity contribution in [1.82, 2.24) is 0 Å². The summed E-state index contributed by atoms with van der Waals surface area (Å²) in [6, 6.07) is 10.1. The minimum atomic E-state index is -4.72. The molecule has 2 aromatic rings. The maximum atomic E-state index is 14.7. The Kier molecular flexibility index (Phi) is 7.16. The van der Waals surface area contributed by atoms with Crippen LogP contribution in [0, 0.1) is 17.5 Å². The first kappa shape index (κ1) is 22.7. The maximum Gasteiger partial charge on any atom is 0.422 e. The molecule has 0 saturated carbocycles. The van der Waals surface area contributed by atoms with Crippen molar-refractivity contribution in [3.05, 3.63) is 53.3 Å². The zero-order chi connectivity index (χ0) is 21.9. The van der Waals surface area contributed by atoms with Gasteiger partial charge in [-0.1, -0.05) is 43.6 Å². The van der Waals surface area contributed by atoms with Crippen LogP contribution < -0.4 is 4.74 Å². The Morgan fingerprint density at radius 2 is 1.60 bits per heavy atom. The van der Waals surface area contributed by atoms with Gasteiger partial charge in [-0.25, -0.2) is 13.2 Å². The number of rotatable bonds is 6. The van der Waals surface area contributed by atoms with E-state index in [1.807, 2.05) is 0 Å². The summed E-state index contributed by atoms with van der Waals surface area (Å²) in [7, 11) is -0.652. The maximum absolute atomic E-state index is 14.7. The Labute approximate surface area is 173 Å². The van der Waals surface area contributed by atoms with Gasteiger partial charge in [0.05, 0.1) is 0 Å². The van der Waals surface area contributed by atoms with E-state index < -0.39 is 44.8 Å². The Balaban J connectivity index is 1.77. The Morgan fingerprint density at radius 3 is 2.13 bits per heavy atom. The number of halogens is 6. The summed E-state index contributed by atoms with van der Waals surface area (Å²) in [5.41, 5.74) is 0.784. The van der Waals surface area contributed by atoms with Gasteiger partial charge in [-0.15, -0.1) is 0 Å². The lowest BCUT2D eigenvalue weighted by atomic mass is 9.91. The predicted molar refractivity (Wildman–Crippen MR) is 107 cm³/mol. The van der Waals surface area contributed by atoms with Crippen LogP contribution in [0.15, 0.2) is 30.3 Å². The highest BCUT2D eigenvalue weighted by Crippen LogP contribution is 2.37. The van der Waals surface area contributed by atoms with E-state index in [1.54, 1.807) is 6.07 Å². The number of hydrogen-bond acceptors (Lipinski definition) is 1. The van der Waals surface area contributed by atoms with Crippen molar-refractivity contribution in [1.29, 1.82) is 0 Å². The summed E-state index contributed by atoms with van der Waals surface area (Å²) in [5.74, 6) is -4.06. The molecule has 8 heteroatoms. The fourth-order valence-electron chi connectivity index (χ4n) is 4.22. The third-order valence-electron chi connectivity index (χ3n) is 5.70. The van der Waals surface area contributed by atoms with Crippen LogP contribution in [-0.4, -0.2) is 21.6 Å². The smallest absolute Gasteiger partial charge is 0.422 e. The van der Waals surface area contributed by atoms with Crippen LogP contribution in [0.5, 0.6) is 5.75 Å². The molecular formula is C22H24F6OSi. The topological polar surface area (TPSA) is 9.23 Å². The lowest BCUT2D eigenvalue weighted by molar-refractivity contribution is -0.154. The quantitative estimate of drug-likeness (QED) is 0.336.